The normalized spacial score (nSPS) is 26.0. The molecule has 2 aromatic rings. The number of nitrogen functional groups attached to an aromatic ring is 1. The van der Waals surface area contributed by atoms with E-state index in [0.29, 0.717) is 48.5 Å². The molecular weight excluding hydrogens is 730 g/mol. The van der Waals surface area contributed by atoms with E-state index in [0.717, 1.165) is 11.3 Å². The van der Waals surface area contributed by atoms with E-state index in [-0.39, 0.29) is 44.9 Å². The van der Waals surface area contributed by atoms with Gasteiger partial charge < -0.3 is 45.7 Å². The molecular formula is C31H35ClN7O10S2+. The van der Waals surface area contributed by atoms with Crippen LogP contribution in [0.1, 0.15) is 29.9 Å². The van der Waals surface area contributed by atoms with E-state index in [9.17, 15) is 44.4 Å². The Labute approximate surface area is 303 Å². The van der Waals surface area contributed by atoms with Crippen LogP contribution in [0.15, 0.2) is 33.9 Å². The first-order valence-electron chi connectivity index (χ1n) is 15.7. The summed E-state index contributed by atoms with van der Waals surface area (Å²) in [5.41, 5.74) is 4.08. The number of carbonyl (C=O) groups excluding carboxylic acids is 3. The van der Waals surface area contributed by atoms with Crippen molar-refractivity contribution in [3.8, 4) is 11.5 Å². The van der Waals surface area contributed by atoms with Crippen molar-refractivity contribution in [2.24, 2.45) is 17.0 Å². The van der Waals surface area contributed by atoms with Crippen LogP contribution >= 0.6 is 34.7 Å². The van der Waals surface area contributed by atoms with Crippen LogP contribution in [-0.4, -0.2) is 138 Å². The number of nitrogens with zero attached hydrogens (tertiary/aromatic N) is 5. The number of likely N-dealkylation sites (tertiary alicyclic amines) is 2. The molecule has 17 nitrogen and oxygen atoms in total. The fourth-order valence-electron chi connectivity index (χ4n) is 7.02. The Bertz CT molecular complexity index is 1900. The number of carbonyl (C=O) groups is 5. The number of carboxylic acid groups (broad SMARTS) is 2. The van der Waals surface area contributed by atoms with E-state index in [2.05, 4.69) is 15.5 Å². The quantitative estimate of drug-likeness (QED) is 0.0650. The third-order valence-electron chi connectivity index (χ3n) is 9.51. The van der Waals surface area contributed by atoms with E-state index in [1.165, 1.54) is 48.0 Å². The molecule has 4 aliphatic rings. The highest BCUT2D eigenvalue weighted by Crippen LogP contribution is 2.43. The predicted octanol–water partition coefficient (Wildman–Crippen LogP) is 0.961. The number of anilines is 1. The zero-order valence-electron chi connectivity index (χ0n) is 27.5. The zero-order valence-corrected chi connectivity index (χ0v) is 29.9. The molecule has 6 rings (SSSR count). The van der Waals surface area contributed by atoms with Crippen molar-refractivity contribution in [3.05, 3.63) is 45.1 Å². The maximum atomic E-state index is 13.5. The number of aromatic hydroxyl groups is 2. The van der Waals surface area contributed by atoms with Crippen LogP contribution in [0.25, 0.3) is 0 Å². The Morgan fingerprint density at radius 2 is 1.84 bits per heavy atom. The SMILES string of the molecule is CC(C)(O/N=C(\C(=O)N[C@@H]1C(=O)N2C(C(=O)O)=C(C[N+]3(C)CC4CN(C(=O)c5ccc(O)c(O)c5Cl)C[C@H]4C3)CS[C@H]12)c1csc(N)n1)C(=O)O. The fraction of sp³-hybridized carbons (Fsp3) is 0.452. The van der Waals surface area contributed by atoms with Gasteiger partial charge in [-0.1, -0.05) is 16.8 Å². The zero-order chi connectivity index (χ0) is 37.2. The van der Waals surface area contributed by atoms with Crippen molar-refractivity contribution in [1.29, 1.82) is 0 Å². The number of hydrogen-bond donors (Lipinski definition) is 6. The summed E-state index contributed by atoms with van der Waals surface area (Å²) in [6.45, 7) is 5.04. The summed E-state index contributed by atoms with van der Waals surface area (Å²) in [5, 5.41) is 46.3. The van der Waals surface area contributed by atoms with Gasteiger partial charge in [0.1, 0.15) is 29.4 Å². The molecule has 20 heteroatoms. The molecule has 2 unspecified atom stereocenters. The number of carboxylic acids is 2. The van der Waals surface area contributed by atoms with Crippen LogP contribution < -0.4 is 11.1 Å². The van der Waals surface area contributed by atoms with Gasteiger partial charge in [0.2, 0.25) is 5.60 Å². The number of oxime groups is 1. The average Bonchev–Trinajstić information content (AvgIpc) is 3.74. The van der Waals surface area contributed by atoms with Crippen LogP contribution in [-0.2, 0) is 24.0 Å². The van der Waals surface area contributed by atoms with Crippen LogP contribution in [0.2, 0.25) is 5.02 Å². The molecule has 4 aliphatic heterocycles. The second-order valence-corrected chi connectivity index (χ2v) is 16.1. The summed E-state index contributed by atoms with van der Waals surface area (Å²) in [6, 6.07) is 1.48. The number of phenols is 2. The van der Waals surface area contributed by atoms with Crippen LogP contribution in [0.3, 0.4) is 0 Å². The Balaban J connectivity index is 1.13. The van der Waals surface area contributed by atoms with E-state index in [4.69, 9.17) is 22.2 Å². The number of halogens is 1. The van der Waals surface area contributed by atoms with Crippen LogP contribution in [0, 0.1) is 11.8 Å². The molecule has 5 heterocycles. The minimum atomic E-state index is -1.79. The van der Waals surface area contributed by atoms with Gasteiger partial charge in [-0.25, -0.2) is 14.6 Å². The van der Waals surface area contributed by atoms with Crippen molar-refractivity contribution < 1.29 is 53.7 Å². The second kappa shape index (κ2) is 13.2. The molecule has 1 aromatic heterocycles. The molecule has 0 bridgehead atoms. The van der Waals surface area contributed by atoms with Crippen molar-refractivity contribution in [1.82, 2.24) is 20.1 Å². The summed E-state index contributed by atoms with van der Waals surface area (Å²) >= 11 is 8.46. The number of aliphatic carboxylic acids is 2. The third-order valence-corrected chi connectivity index (χ3v) is 11.9. The van der Waals surface area contributed by atoms with E-state index in [1.54, 1.807) is 4.90 Å². The van der Waals surface area contributed by atoms with Gasteiger partial charge in [-0.15, -0.1) is 23.1 Å². The second-order valence-electron chi connectivity index (χ2n) is 13.7. The highest BCUT2D eigenvalue weighted by molar-refractivity contribution is 8.00. The molecule has 0 aliphatic carbocycles. The highest BCUT2D eigenvalue weighted by atomic mass is 35.5. The number of likely N-dealkylation sites (N-methyl/N-ethyl adjacent to an activating group) is 1. The lowest BCUT2D eigenvalue weighted by molar-refractivity contribution is -0.896. The Kier molecular flexibility index (Phi) is 9.36. The molecule has 0 spiro atoms. The van der Waals surface area contributed by atoms with Gasteiger partial charge >= 0.3 is 11.9 Å². The van der Waals surface area contributed by atoms with Gasteiger partial charge in [-0.2, -0.15) is 0 Å². The van der Waals surface area contributed by atoms with E-state index in [1.807, 2.05) is 7.05 Å². The molecule has 3 saturated heterocycles. The average molecular weight is 765 g/mol. The Hall–Kier alpha value is -4.59. The van der Waals surface area contributed by atoms with Crippen molar-refractivity contribution in [3.63, 3.8) is 0 Å². The first-order valence-corrected chi connectivity index (χ1v) is 18.0. The Morgan fingerprint density at radius 1 is 1.18 bits per heavy atom. The molecule has 51 heavy (non-hydrogen) atoms. The predicted molar refractivity (Wildman–Crippen MR) is 184 cm³/mol. The largest absolute Gasteiger partial charge is 0.504 e. The molecule has 0 saturated carbocycles. The van der Waals surface area contributed by atoms with Gasteiger partial charge in [0.05, 0.1) is 30.7 Å². The molecule has 7 N–H and O–H groups in total. The van der Waals surface area contributed by atoms with Gasteiger partial charge in [-0.3, -0.25) is 19.3 Å². The number of quaternary nitrogens is 1. The molecule has 0 radical (unpaired) electrons. The molecule has 3 fully saturated rings. The summed E-state index contributed by atoms with van der Waals surface area (Å²) in [7, 11) is 2.02. The number of nitrogens with two attached hydrogens (primary N) is 1. The fourth-order valence-corrected chi connectivity index (χ4v) is 9.14. The number of fused-ring (bicyclic) bond motifs is 2. The molecule has 5 atom stereocenters. The number of benzene rings is 1. The summed E-state index contributed by atoms with van der Waals surface area (Å²) in [5.74, 6) is -4.90. The number of amides is 3. The lowest BCUT2D eigenvalue weighted by Gasteiger charge is -2.50. The first kappa shape index (κ1) is 36.2. The number of aromatic nitrogens is 1. The lowest BCUT2D eigenvalue weighted by atomic mass is 10.0. The van der Waals surface area contributed by atoms with Crippen LogP contribution in [0.4, 0.5) is 5.13 Å². The van der Waals surface area contributed by atoms with Crippen molar-refractivity contribution in [2.75, 3.05) is 51.3 Å². The highest BCUT2D eigenvalue weighted by Gasteiger charge is 2.56. The summed E-state index contributed by atoms with van der Waals surface area (Å²) < 4.78 is 0.501. The summed E-state index contributed by atoms with van der Waals surface area (Å²) in [4.78, 5) is 76.2. The van der Waals surface area contributed by atoms with E-state index >= 15 is 0 Å². The first-order chi connectivity index (χ1) is 23.9. The molecule has 3 amide bonds. The minimum Gasteiger partial charge on any atom is -0.504 e. The number of thiazole rings is 1. The van der Waals surface area contributed by atoms with Crippen LogP contribution in [0.5, 0.6) is 11.5 Å². The topological polar surface area (TPSA) is 245 Å². The van der Waals surface area contributed by atoms with Gasteiger partial charge in [0.25, 0.3) is 17.7 Å². The smallest absolute Gasteiger partial charge is 0.352 e. The maximum absolute atomic E-state index is 13.5. The molecule has 1 aromatic carbocycles. The van der Waals surface area contributed by atoms with Crippen molar-refractivity contribution in [2.45, 2.75) is 30.9 Å². The number of rotatable bonds is 10. The standard InChI is InChI=1S/C31H34ClN7O10S2/c1-31(2,29(47)48)49-36-20(17-12-51-30(33)34-17)24(42)35-21-26(44)38-22(28(45)46)15(11-50-27(21)38)10-39(3)8-13-6-37(7-14(13)9-39)25(43)16-4-5-18(40)23(41)19(16)32/h4-5,12-14,21,27H,6-11H2,1-3H3,(H6-,33,34,35,36,40,41,42,43,45,46,47,48)/p+1/t13-,14?,21+,27+,39?/m0/s1. The Morgan fingerprint density at radius 3 is 2.43 bits per heavy atom. The van der Waals surface area contributed by atoms with Gasteiger partial charge in [0.15, 0.2) is 22.3 Å². The number of nitrogens with one attached hydrogen (secondary N) is 1. The number of hydrogen-bond acceptors (Lipinski definition) is 13. The lowest BCUT2D eigenvalue weighted by Crippen LogP contribution is -2.71. The molecule has 272 valence electrons. The summed E-state index contributed by atoms with van der Waals surface area (Å²) in [6.07, 6.45) is 0. The number of β-lactam (4-membered cyclic amide) rings is 1. The minimum absolute atomic E-state index is 0.00722. The van der Waals surface area contributed by atoms with Gasteiger partial charge in [0, 0.05) is 41.6 Å². The van der Waals surface area contributed by atoms with E-state index < -0.39 is 58.0 Å². The number of thioether (sulfide) groups is 1. The number of phenolic OH excluding ortho intramolecular Hbond substituents is 2. The maximum Gasteiger partial charge on any atom is 0.352 e. The third kappa shape index (κ3) is 6.65. The van der Waals surface area contributed by atoms with Crippen molar-refractivity contribution >= 4 is 75.2 Å². The monoisotopic (exact) mass is 764 g/mol. The van der Waals surface area contributed by atoms with Gasteiger partial charge in [-0.05, 0) is 26.0 Å².